The van der Waals surface area contributed by atoms with Crippen LogP contribution in [0.2, 0.25) is 0 Å². The molecule has 3 rings (SSSR count). The predicted octanol–water partition coefficient (Wildman–Crippen LogP) is 3.78. The van der Waals surface area contributed by atoms with E-state index in [0.29, 0.717) is 0 Å². The second-order valence-electron chi connectivity index (χ2n) is 5.15. The standard InChI is InChI=1S/C16H14F2N2O/c17-12-6-7-14(13(18)10-12)19-15(21)20-16(8-9-16)11-4-2-1-3-5-11/h1-7,10H,8-9H2,(H2,19,20,21). The van der Waals surface area contributed by atoms with Crippen molar-refractivity contribution >= 4 is 11.7 Å². The Labute approximate surface area is 121 Å². The van der Waals surface area contributed by atoms with Crippen LogP contribution in [-0.2, 0) is 5.54 Å². The molecule has 0 atom stereocenters. The molecule has 1 saturated carbocycles. The van der Waals surface area contributed by atoms with Gasteiger partial charge in [0.15, 0.2) is 0 Å². The highest BCUT2D eigenvalue weighted by molar-refractivity contribution is 5.90. The molecule has 2 N–H and O–H groups in total. The lowest BCUT2D eigenvalue weighted by molar-refractivity contribution is 0.247. The zero-order chi connectivity index (χ0) is 14.9. The van der Waals surface area contributed by atoms with Gasteiger partial charge in [0.1, 0.15) is 11.6 Å². The summed E-state index contributed by atoms with van der Waals surface area (Å²) >= 11 is 0. The minimum atomic E-state index is -0.797. The second kappa shape index (κ2) is 5.16. The maximum absolute atomic E-state index is 13.5. The molecule has 21 heavy (non-hydrogen) atoms. The largest absolute Gasteiger partial charge is 0.328 e. The average Bonchev–Trinajstić information content (AvgIpc) is 3.24. The van der Waals surface area contributed by atoms with Gasteiger partial charge in [-0.1, -0.05) is 30.3 Å². The molecule has 1 aliphatic rings. The summed E-state index contributed by atoms with van der Waals surface area (Å²) in [4.78, 5) is 12.0. The van der Waals surface area contributed by atoms with E-state index in [4.69, 9.17) is 0 Å². The van der Waals surface area contributed by atoms with E-state index in [9.17, 15) is 13.6 Å². The Morgan fingerprint density at radius 3 is 2.38 bits per heavy atom. The van der Waals surface area contributed by atoms with Crippen molar-refractivity contribution in [3.05, 3.63) is 65.7 Å². The van der Waals surface area contributed by atoms with E-state index in [1.165, 1.54) is 6.07 Å². The zero-order valence-corrected chi connectivity index (χ0v) is 11.2. The molecule has 2 aromatic carbocycles. The van der Waals surface area contributed by atoms with E-state index in [0.717, 1.165) is 30.5 Å². The molecule has 0 bridgehead atoms. The van der Waals surface area contributed by atoms with Gasteiger partial charge in [0, 0.05) is 6.07 Å². The molecule has 2 aromatic rings. The molecular weight excluding hydrogens is 274 g/mol. The van der Waals surface area contributed by atoms with Crippen molar-refractivity contribution in [2.75, 3.05) is 5.32 Å². The molecule has 0 heterocycles. The smallest absolute Gasteiger partial charge is 0.320 e. The zero-order valence-electron chi connectivity index (χ0n) is 11.2. The molecule has 1 fully saturated rings. The SMILES string of the molecule is O=C(Nc1ccc(F)cc1F)NC1(c2ccccc2)CC1. The molecule has 0 aromatic heterocycles. The summed E-state index contributed by atoms with van der Waals surface area (Å²) in [5, 5.41) is 5.28. The fourth-order valence-corrected chi connectivity index (χ4v) is 2.33. The number of carbonyl (C=O) groups is 1. The highest BCUT2D eigenvalue weighted by atomic mass is 19.1. The van der Waals surface area contributed by atoms with Crippen molar-refractivity contribution in [1.29, 1.82) is 0 Å². The quantitative estimate of drug-likeness (QED) is 0.886. The van der Waals surface area contributed by atoms with Crippen molar-refractivity contribution in [2.45, 2.75) is 18.4 Å². The summed E-state index contributed by atoms with van der Waals surface area (Å²) in [5.41, 5.74) is 0.611. The van der Waals surface area contributed by atoms with Crippen LogP contribution in [0.1, 0.15) is 18.4 Å². The third-order valence-electron chi connectivity index (χ3n) is 3.61. The Morgan fingerprint density at radius 1 is 1.05 bits per heavy atom. The Balaban J connectivity index is 1.70. The van der Waals surface area contributed by atoms with Gasteiger partial charge in [0.25, 0.3) is 0 Å². The number of nitrogens with one attached hydrogen (secondary N) is 2. The molecule has 108 valence electrons. The van der Waals surface area contributed by atoms with Crippen molar-refractivity contribution in [3.63, 3.8) is 0 Å². The molecule has 0 aliphatic heterocycles. The van der Waals surface area contributed by atoms with Crippen molar-refractivity contribution in [1.82, 2.24) is 5.32 Å². The molecule has 0 radical (unpaired) electrons. The molecule has 0 unspecified atom stereocenters. The minimum absolute atomic E-state index is 0.0437. The molecule has 5 heteroatoms. The van der Waals surface area contributed by atoms with Gasteiger partial charge < -0.3 is 10.6 Å². The van der Waals surface area contributed by atoms with Crippen LogP contribution in [0.3, 0.4) is 0 Å². The van der Waals surface area contributed by atoms with Gasteiger partial charge in [0.05, 0.1) is 11.2 Å². The molecular formula is C16H14F2N2O. The van der Waals surface area contributed by atoms with Gasteiger partial charge in [-0.2, -0.15) is 0 Å². The lowest BCUT2D eigenvalue weighted by Crippen LogP contribution is -2.38. The van der Waals surface area contributed by atoms with Crippen LogP contribution in [0.25, 0.3) is 0 Å². The normalized spacial score (nSPS) is 15.3. The summed E-state index contributed by atoms with van der Waals surface area (Å²) in [6.45, 7) is 0. The number of hydrogen-bond acceptors (Lipinski definition) is 1. The Bertz CT molecular complexity index is 669. The molecule has 0 saturated heterocycles. The summed E-state index contributed by atoms with van der Waals surface area (Å²) < 4.78 is 26.3. The summed E-state index contributed by atoms with van der Waals surface area (Å²) in [6.07, 6.45) is 1.69. The molecule has 0 spiro atoms. The first-order valence-electron chi connectivity index (χ1n) is 6.69. The van der Waals surface area contributed by atoms with Gasteiger partial charge in [-0.25, -0.2) is 13.6 Å². The molecule has 1 aliphatic carbocycles. The highest BCUT2D eigenvalue weighted by Crippen LogP contribution is 2.45. The maximum atomic E-state index is 13.5. The fraction of sp³-hybridized carbons (Fsp3) is 0.188. The Kier molecular flexibility index (Phi) is 3.33. The number of rotatable bonds is 3. The number of halogens is 2. The Hall–Kier alpha value is -2.43. The first-order chi connectivity index (χ1) is 10.1. The topological polar surface area (TPSA) is 41.1 Å². The number of urea groups is 1. The average molecular weight is 288 g/mol. The number of benzene rings is 2. The Morgan fingerprint density at radius 2 is 1.76 bits per heavy atom. The predicted molar refractivity (Wildman–Crippen MR) is 75.9 cm³/mol. The summed E-state index contributed by atoms with van der Waals surface area (Å²) in [5.74, 6) is -1.48. The van der Waals surface area contributed by atoms with Crippen LogP contribution in [0.15, 0.2) is 48.5 Å². The van der Waals surface area contributed by atoms with Gasteiger partial charge in [0.2, 0.25) is 0 Å². The maximum Gasteiger partial charge on any atom is 0.320 e. The van der Waals surface area contributed by atoms with Crippen molar-refractivity contribution in [3.8, 4) is 0 Å². The van der Waals surface area contributed by atoms with E-state index in [2.05, 4.69) is 10.6 Å². The van der Waals surface area contributed by atoms with Crippen LogP contribution >= 0.6 is 0 Å². The van der Waals surface area contributed by atoms with Gasteiger partial charge >= 0.3 is 6.03 Å². The van der Waals surface area contributed by atoms with Gasteiger partial charge in [-0.15, -0.1) is 0 Å². The van der Waals surface area contributed by atoms with Crippen LogP contribution in [0, 0.1) is 11.6 Å². The monoisotopic (exact) mass is 288 g/mol. The van der Waals surface area contributed by atoms with Crippen LogP contribution in [-0.4, -0.2) is 6.03 Å². The third kappa shape index (κ3) is 2.86. The van der Waals surface area contributed by atoms with Crippen molar-refractivity contribution in [2.24, 2.45) is 0 Å². The van der Waals surface area contributed by atoms with Crippen molar-refractivity contribution < 1.29 is 13.6 Å². The second-order valence-corrected chi connectivity index (χ2v) is 5.15. The first kappa shape index (κ1) is 13.5. The number of anilines is 1. The van der Waals surface area contributed by atoms with Crippen LogP contribution in [0.5, 0.6) is 0 Å². The summed E-state index contributed by atoms with van der Waals surface area (Å²) in [7, 11) is 0. The van der Waals surface area contributed by atoms with Crippen LogP contribution in [0.4, 0.5) is 19.3 Å². The van der Waals surface area contributed by atoms with E-state index >= 15 is 0 Å². The fourth-order valence-electron chi connectivity index (χ4n) is 2.33. The van der Waals surface area contributed by atoms with Gasteiger partial charge in [-0.05, 0) is 30.5 Å². The van der Waals surface area contributed by atoms with E-state index in [1.807, 2.05) is 30.3 Å². The third-order valence-corrected chi connectivity index (χ3v) is 3.61. The highest BCUT2D eigenvalue weighted by Gasteiger charge is 2.45. The lowest BCUT2D eigenvalue weighted by atomic mass is 10.1. The number of amides is 2. The van der Waals surface area contributed by atoms with E-state index in [-0.39, 0.29) is 11.2 Å². The molecule has 2 amide bonds. The number of hydrogen-bond donors (Lipinski definition) is 2. The lowest BCUT2D eigenvalue weighted by Gasteiger charge is -2.18. The first-order valence-corrected chi connectivity index (χ1v) is 6.69. The van der Waals surface area contributed by atoms with Crippen LogP contribution < -0.4 is 10.6 Å². The summed E-state index contributed by atoms with van der Waals surface area (Å²) in [6, 6.07) is 12.2. The van der Waals surface area contributed by atoms with E-state index in [1.54, 1.807) is 0 Å². The minimum Gasteiger partial charge on any atom is -0.328 e. The van der Waals surface area contributed by atoms with E-state index < -0.39 is 17.7 Å². The van der Waals surface area contributed by atoms with Gasteiger partial charge in [-0.3, -0.25) is 0 Å². The number of carbonyl (C=O) groups excluding carboxylic acids is 1. The molecule has 3 nitrogen and oxygen atoms in total.